The summed E-state index contributed by atoms with van der Waals surface area (Å²) in [5.74, 6) is 0.247. The zero-order chi connectivity index (χ0) is 20.9. The number of carbonyl (C=O) groups is 1. The highest BCUT2D eigenvalue weighted by atomic mass is 32.1. The highest BCUT2D eigenvalue weighted by Crippen LogP contribution is 2.21. The van der Waals surface area contributed by atoms with Crippen molar-refractivity contribution in [3.05, 3.63) is 91.7 Å². The molecule has 0 aliphatic carbocycles. The van der Waals surface area contributed by atoms with Gasteiger partial charge in [0.15, 0.2) is 5.13 Å². The Labute approximate surface area is 180 Å². The Balaban J connectivity index is 1.46. The van der Waals surface area contributed by atoms with E-state index in [-0.39, 0.29) is 11.5 Å². The molecule has 7 nitrogen and oxygen atoms in total. The van der Waals surface area contributed by atoms with Crippen molar-refractivity contribution in [2.45, 2.75) is 20.1 Å². The molecule has 152 valence electrons. The molecule has 3 heterocycles. The monoisotopic (exact) mass is 438 g/mol. The molecule has 0 aliphatic heterocycles. The van der Waals surface area contributed by atoms with E-state index >= 15 is 0 Å². The number of carbonyl (C=O) groups excluding carboxylic acids is 1. The fourth-order valence-corrected chi connectivity index (χ4v) is 4.25. The van der Waals surface area contributed by atoms with Gasteiger partial charge in [-0.2, -0.15) is 0 Å². The zero-order valence-corrected chi connectivity index (χ0v) is 17.7. The lowest BCUT2D eigenvalue weighted by Gasteiger charge is -2.07. The first-order valence-corrected chi connectivity index (χ1v) is 10.8. The molecular weight excluding hydrogens is 420 g/mol. The molecule has 4 rings (SSSR count). The van der Waals surface area contributed by atoms with Gasteiger partial charge in [0, 0.05) is 23.8 Å². The van der Waals surface area contributed by atoms with Gasteiger partial charge >= 0.3 is 0 Å². The Morgan fingerprint density at radius 2 is 2.07 bits per heavy atom. The molecule has 0 fully saturated rings. The Morgan fingerprint density at radius 1 is 1.23 bits per heavy atom. The van der Waals surface area contributed by atoms with E-state index in [4.69, 9.17) is 4.74 Å². The van der Waals surface area contributed by atoms with Crippen LogP contribution < -0.4 is 15.6 Å². The van der Waals surface area contributed by atoms with Gasteiger partial charge in [-0.25, -0.2) is 9.97 Å². The smallest absolute Gasteiger partial charge is 0.263 e. The van der Waals surface area contributed by atoms with Gasteiger partial charge < -0.3 is 10.1 Å². The highest BCUT2D eigenvalue weighted by Gasteiger charge is 2.17. The molecule has 1 aromatic carbocycles. The van der Waals surface area contributed by atoms with Gasteiger partial charge in [-0.15, -0.1) is 11.3 Å². The zero-order valence-electron chi connectivity index (χ0n) is 16.1. The molecule has 3 aromatic heterocycles. The van der Waals surface area contributed by atoms with Gasteiger partial charge in [0.05, 0.1) is 12.2 Å². The molecule has 0 saturated carbocycles. The van der Waals surface area contributed by atoms with Crippen LogP contribution >= 0.6 is 22.7 Å². The fraction of sp³-hybridized carbons (Fsp3) is 0.143. The number of aromatic nitrogens is 3. The van der Waals surface area contributed by atoms with Crippen molar-refractivity contribution in [1.29, 1.82) is 0 Å². The summed E-state index contributed by atoms with van der Waals surface area (Å²) in [6.45, 7) is 2.49. The maximum Gasteiger partial charge on any atom is 0.263 e. The number of ether oxygens (including phenoxy) is 1. The van der Waals surface area contributed by atoms with Crippen LogP contribution in [0.4, 0.5) is 0 Å². The number of benzene rings is 1. The number of nitrogens with one attached hydrogen (secondary N) is 1. The Bertz CT molecular complexity index is 1200. The van der Waals surface area contributed by atoms with E-state index < -0.39 is 0 Å². The summed E-state index contributed by atoms with van der Waals surface area (Å²) in [6, 6.07) is 12.9. The molecule has 4 aromatic rings. The van der Waals surface area contributed by atoms with Crippen molar-refractivity contribution in [2.75, 3.05) is 0 Å². The van der Waals surface area contributed by atoms with Crippen molar-refractivity contribution < 1.29 is 9.53 Å². The fourth-order valence-electron chi connectivity index (χ4n) is 2.72. The van der Waals surface area contributed by atoms with Crippen LogP contribution in [0, 0.1) is 6.92 Å². The number of aryl methyl sites for hydroxylation is 1. The Hall–Kier alpha value is -3.30. The number of hydrogen-bond donors (Lipinski definition) is 1. The summed E-state index contributed by atoms with van der Waals surface area (Å²) in [5, 5.41) is 5.96. The third-order valence-electron chi connectivity index (χ3n) is 4.22. The summed E-state index contributed by atoms with van der Waals surface area (Å²) < 4.78 is 7.11. The topological polar surface area (TPSA) is 86.1 Å². The van der Waals surface area contributed by atoms with Gasteiger partial charge in [0.2, 0.25) is 0 Å². The summed E-state index contributed by atoms with van der Waals surface area (Å²) >= 11 is 2.65. The lowest BCUT2D eigenvalue weighted by atomic mass is 10.2. The first kappa shape index (κ1) is 20.0. The minimum Gasteiger partial charge on any atom is -0.489 e. The second-order valence-electron chi connectivity index (χ2n) is 6.36. The van der Waals surface area contributed by atoms with E-state index in [2.05, 4.69) is 15.3 Å². The molecule has 9 heteroatoms. The van der Waals surface area contributed by atoms with Crippen LogP contribution in [-0.2, 0) is 13.2 Å². The van der Waals surface area contributed by atoms with Crippen molar-refractivity contribution in [3.63, 3.8) is 0 Å². The standard InChI is InChI=1S/C21H18N4O3S2/c1-14-19(20(27)23-12-17-22-8-10-29-17)30-21(24-14)25-9-7-16(11-18(25)26)28-13-15-5-3-2-4-6-15/h2-11H,12-13H2,1H3,(H,23,27). The van der Waals surface area contributed by atoms with Gasteiger partial charge in [0.1, 0.15) is 22.2 Å². The summed E-state index contributed by atoms with van der Waals surface area (Å²) in [5.41, 5.74) is 1.32. The van der Waals surface area contributed by atoms with Crippen molar-refractivity contribution in [3.8, 4) is 10.9 Å². The van der Waals surface area contributed by atoms with E-state index in [1.54, 1.807) is 25.4 Å². The van der Waals surface area contributed by atoms with Crippen LogP contribution in [0.5, 0.6) is 5.75 Å². The van der Waals surface area contributed by atoms with Crippen LogP contribution in [0.25, 0.3) is 5.13 Å². The minimum absolute atomic E-state index is 0.234. The number of hydrogen-bond acceptors (Lipinski definition) is 7. The predicted octanol–water partition coefficient (Wildman–Crippen LogP) is 3.57. The third-order valence-corrected chi connectivity index (χ3v) is 6.16. The van der Waals surface area contributed by atoms with E-state index in [9.17, 15) is 9.59 Å². The highest BCUT2D eigenvalue weighted by molar-refractivity contribution is 7.16. The molecule has 0 atom stereocenters. The second-order valence-corrected chi connectivity index (χ2v) is 8.32. The Morgan fingerprint density at radius 3 is 2.80 bits per heavy atom. The molecule has 0 aliphatic rings. The van der Waals surface area contributed by atoms with Crippen LogP contribution in [0.2, 0.25) is 0 Å². The number of nitrogens with zero attached hydrogens (tertiary/aromatic N) is 3. The average Bonchev–Trinajstić information content (AvgIpc) is 3.41. The first-order valence-electron chi connectivity index (χ1n) is 9.14. The molecule has 0 saturated heterocycles. The van der Waals surface area contributed by atoms with Crippen LogP contribution in [0.1, 0.15) is 25.9 Å². The average molecular weight is 439 g/mol. The van der Waals surface area contributed by atoms with Crippen LogP contribution in [0.3, 0.4) is 0 Å². The molecular formula is C21H18N4O3S2. The third kappa shape index (κ3) is 4.64. The van der Waals surface area contributed by atoms with E-state index in [0.29, 0.717) is 34.6 Å². The number of amides is 1. The SMILES string of the molecule is Cc1nc(-n2ccc(OCc3ccccc3)cc2=O)sc1C(=O)NCc1nccs1. The maximum absolute atomic E-state index is 12.6. The predicted molar refractivity (Wildman–Crippen MR) is 117 cm³/mol. The molecule has 0 unspecified atom stereocenters. The van der Waals surface area contributed by atoms with Gasteiger partial charge in [0.25, 0.3) is 11.5 Å². The molecule has 0 radical (unpaired) electrons. The van der Waals surface area contributed by atoms with Crippen molar-refractivity contribution in [2.24, 2.45) is 0 Å². The number of rotatable bonds is 7. The van der Waals surface area contributed by atoms with Crippen molar-refractivity contribution in [1.82, 2.24) is 19.9 Å². The summed E-state index contributed by atoms with van der Waals surface area (Å²) in [6.07, 6.45) is 3.31. The van der Waals surface area contributed by atoms with Crippen molar-refractivity contribution >= 4 is 28.6 Å². The minimum atomic E-state index is -0.274. The first-order chi connectivity index (χ1) is 14.6. The van der Waals surface area contributed by atoms with Crippen LogP contribution in [-0.4, -0.2) is 20.4 Å². The molecule has 1 amide bonds. The van der Waals surface area contributed by atoms with Crippen LogP contribution in [0.15, 0.2) is 65.0 Å². The number of thiazole rings is 2. The Kier molecular flexibility index (Phi) is 6.01. The molecule has 0 bridgehead atoms. The summed E-state index contributed by atoms with van der Waals surface area (Å²) in [7, 11) is 0. The van der Waals surface area contributed by atoms with E-state index in [1.807, 2.05) is 35.7 Å². The van der Waals surface area contributed by atoms with Gasteiger partial charge in [-0.1, -0.05) is 41.7 Å². The second kappa shape index (κ2) is 9.02. The largest absolute Gasteiger partial charge is 0.489 e. The van der Waals surface area contributed by atoms with Gasteiger partial charge in [-0.05, 0) is 18.6 Å². The summed E-state index contributed by atoms with van der Waals surface area (Å²) in [4.78, 5) is 34.1. The number of pyridine rings is 1. The normalized spacial score (nSPS) is 10.7. The lowest BCUT2D eigenvalue weighted by molar-refractivity contribution is 0.0954. The lowest BCUT2D eigenvalue weighted by Crippen LogP contribution is -2.22. The molecule has 30 heavy (non-hydrogen) atoms. The van der Waals surface area contributed by atoms with Gasteiger partial charge in [-0.3, -0.25) is 14.2 Å². The molecule has 0 spiro atoms. The van der Waals surface area contributed by atoms with E-state index in [0.717, 1.165) is 10.6 Å². The maximum atomic E-state index is 12.6. The van der Waals surface area contributed by atoms with E-state index in [1.165, 1.54) is 33.3 Å². The quantitative estimate of drug-likeness (QED) is 0.477. The molecule has 1 N–H and O–H groups in total.